The molecule has 6 heteroatoms. The van der Waals surface area contributed by atoms with E-state index in [-0.39, 0.29) is 11.9 Å². The number of para-hydroxylation sites is 1. The summed E-state index contributed by atoms with van der Waals surface area (Å²) in [5.74, 6) is 1.04. The van der Waals surface area contributed by atoms with Gasteiger partial charge in [-0.15, -0.1) is 0 Å². The maximum Gasteiger partial charge on any atom is 0.173 e. The molecule has 1 aliphatic heterocycles. The summed E-state index contributed by atoms with van der Waals surface area (Å²) in [7, 11) is 1.64. The Balaban J connectivity index is 1.77. The van der Waals surface area contributed by atoms with Crippen molar-refractivity contribution in [2.45, 2.75) is 25.5 Å². The van der Waals surface area contributed by atoms with E-state index < -0.39 is 0 Å². The van der Waals surface area contributed by atoms with Crippen molar-refractivity contribution in [3.8, 4) is 11.5 Å². The van der Waals surface area contributed by atoms with Gasteiger partial charge in [0.25, 0.3) is 0 Å². The van der Waals surface area contributed by atoms with Crippen molar-refractivity contribution >= 4 is 23.0 Å². The van der Waals surface area contributed by atoms with Crippen molar-refractivity contribution < 1.29 is 14.6 Å². The average Bonchev–Trinajstić information content (AvgIpc) is 3.19. The molecule has 1 fully saturated rings. The average molecular weight is 372 g/mol. The number of nitrogens with zero attached hydrogens (tertiary/aromatic N) is 1. The van der Waals surface area contributed by atoms with E-state index in [4.69, 9.17) is 21.7 Å². The largest absolute Gasteiger partial charge is 0.508 e. The third-order valence-corrected chi connectivity index (χ3v) is 4.82. The van der Waals surface area contributed by atoms with Crippen LogP contribution >= 0.6 is 12.2 Å². The third-order valence-electron chi connectivity index (χ3n) is 4.45. The molecular weight excluding hydrogens is 348 g/mol. The van der Waals surface area contributed by atoms with Crippen LogP contribution in [0, 0.1) is 0 Å². The number of nitrogens with one attached hydrogen (secondary N) is 1. The Morgan fingerprint density at radius 3 is 2.69 bits per heavy atom. The van der Waals surface area contributed by atoms with Gasteiger partial charge in [0.15, 0.2) is 5.11 Å². The van der Waals surface area contributed by atoms with Crippen LogP contribution < -0.4 is 15.0 Å². The smallest absolute Gasteiger partial charge is 0.173 e. The molecule has 0 saturated carbocycles. The molecule has 1 atom stereocenters. The number of hydrogen-bond donors (Lipinski definition) is 2. The summed E-state index contributed by atoms with van der Waals surface area (Å²) in [5, 5.41) is 14.1. The summed E-state index contributed by atoms with van der Waals surface area (Å²) in [4.78, 5) is 1.97. The highest BCUT2D eigenvalue weighted by molar-refractivity contribution is 7.80. The molecule has 5 nitrogen and oxygen atoms in total. The fraction of sp³-hybridized carbons (Fsp3) is 0.350. The normalized spacial score (nSPS) is 16.3. The van der Waals surface area contributed by atoms with Crippen LogP contribution in [0.3, 0.4) is 0 Å². The molecule has 0 radical (unpaired) electrons. The topological polar surface area (TPSA) is 54.0 Å². The highest BCUT2D eigenvalue weighted by atomic mass is 32.1. The van der Waals surface area contributed by atoms with Gasteiger partial charge in [0.2, 0.25) is 0 Å². The molecule has 1 heterocycles. The van der Waals surface area contributed by atoms with Crippen molar-refractivity contribution in [2.24, 2.45) is 0 Å². The van der Waals surface area contributed by atoms with Gasteiger partial charge in [-0.3, -0.25) is 0 Å². The van der Waals surface area contributed by atoms with Gasteiger partial charge < -0.3 is 24.8 Å². The summed E-state index contributed by atoms with van der Waals surface area (Å²) < 4.78 is 10.9. The van der Waals surface area contributed by atoms with Crippen molar-refractivity contribution in [3.05, 3.63) is 54.1 Å². The number of benzene rings is 2. The minimum Gasteiger partial charge on any atom is -0.508 e. The van der Waals surface area contributed by atoms with Crippen LogP contribution in [0.25, 0.3) is 0 Å². The number of ether oxygens (including phenoxy) is 2. The molecule has 26 heavy (non-hydrogen) atoms. The fourth-order valence-electron chi connectivity index (χ4n) is 2.96. The Kier molecular flexibility index (Phi) is 6.30. The number of methoxy groups -OCH3 is 1. The lowest BCUT2D eigenvalue weighted by Crippen LogP contribution is -2.42. The predicted octanol–water partition coefficient (Wildman–Crippen LogP) is 3.46. The quantitative estimate of drug-likeness (QED) is 0.758. The van der Waals surface area contributed by atoms with E-state index in [0.29, 0.717) is 18.2 Å². The molecule has 0 amide bonds. The molecule has 1 aliphatic rings. The van der Waals surface area contributed by atoms with Gasteiger partial charge >= 0.3 is 0 Å². The van der Waals surface area contributed by atoms with Crippen LogP contribution in [0.5, 0.6) is 11.5 Å². The Labute approximate surface area is 159 Å². The molecule has 0 aromatic heterocycles. The highest BCUT2D eigenvalue weighted by Gasteiger charge is 2.19. The summed E-state index contributed by atoms with van der Waals surface area (Å²) in [6.07, 6.45) is 2.35. The third kappa shape index (κ3) is 4.65. The van der Waals surface area contributed by atoms with Crippen LogP contribution in [-0.2, 0) is 11.3 Å². The number of aromatic hydroxyl groups is 1. The number of thiocarbonyl (C=S) groups is 1. The number of anilines is 1. The second-order valence-corrected chi connectivity index (χ2v) is 6.62. The van der Waals surface area contributed by atoms with E-state index in [1.165, 1.54) is 0 Å². The molecule has 0 spiro atoms. The molecule has 2 aromatic carbocycles. The number of phenolic OH excluding ortho intramolecular Hbond substituents is 1. The maximum absolute atomic E-state index is 10.1. The molecule has 0 aliphatic carbocycles. The zero-order valence-electron chi connectivity index (χ0n) is 14.9. The van der Waals surface area contributed by atoms with Crippen molar-refractivity contribution in [1.29, 1.82) is 0 Å². The van der Waals surface area contributed by atoms with Gasteiger partial charge in [0.05, 0.1) is 19.8 Å². The predicted molar refractivity (Wildman–Crippen MR) is 107 cm³/mol. The monoisotopic (exact) mass is 372 g/mol. The Morgan fingerprint density at radius 2 is 2.04 bits per heavy atom. The molecule has 3 rings (SSSR count). The zero-order valence-corrected chi connectivity index (χ0v) is 15.7. The van der Waals surface area contributed by atoms with Gasteiger partial charge in [0, 0.05) is 24.4 Å². The van der Waals surface area contributed by atoms with E-state index in [9.17, 15) is 5.11 Å². The van der Waals surface area contributed by atoms with Crippen molar-refractivity contribution in [2.75, 3.05) is 25.2 Å². The lowest BCUT2D eigenvalue weighted by atomic mass is 10.1. The SMILES string of the molecule is COc1ccc(N(Cc2ccccc2O)C(=S)NCC2CCCO2)cc1. The lowest BCUT2D eigenvalue weighted by Gasteiger charge is -2.27. The fourth-order valence-corrected chi connectivity index (χ4v) is 3.21. The molecule has 2 aromatic rings. The second kappa shape index (κ2) is 8.87. The number of hydrogen-bond acceptors (Lipinski definition) is 4. The van der Waals surface area contributed by atoms with E-state index in [1.807, 2.05) is 47.4 Å². The summed E-state index contributed by atoms with van der Waals surface area (Å²) >= 11 is 5.64. The molecule has 0 bridgehead atoms. The van der Waals surface area contributed by atoms with Crippen LogP contribution in [0.15, 0.2) is 48.5 Å². The van der Waals surface area contributed by atoms with E-state index >= 15 is 0 Å². The minimum atomic E-state index is 0.204. The highest BCUT2D eigenvalue weighted by Crippen LogP contribution is 2.24. The molecule has 1 unspecified atom stereocenters. The van der Waals surface area contributed by atoms with E-state index in [1.54, 1.807) is 13.2 Å². The lowest BCUT2D eigenvalue weighted by molar-refractivity contribution is 0.114. The van der Waals surface area contributed by atoms with Crippen molar-refractivity contribution in [3.63, 3.8) is 0 Å². The van der Waals surface area contributed by atoms with Gasteiger partial charge in [0.1, 0.15) is 11.5 Å². The van der Waals surface area contributed by atoms with Crippen LogP contribution in [0.1, 0.15) is 18.4 Å². The van der Waals surface area contributed by atoms with E-state index in [2.05, 4.69) is 5.32 Å². The maximum atomic E-state index is 10.1. The van der Waals surface area contributed by atoms with Crippen LogP contribution in [0.2, 0.25) is 0 Å². The zero-order chi connectivity index (χ0) is 18.4. The number of rotatable bonds is 6. The first-order chi connectivity index (χ1) is 12.7. The molecule has 138 valence electrons. The molecule has 2 N–H and O–H groups in total. The molecule has 1 saturated heterocycles. The summed E-state index contributed by atoms with van der Waals surface area (Å²) in [6.45, 7) is 1.97. The molecular formula is C20H24N2O3S. The Hall–Kier alpha value is -2.31. The van der Waals surface area contributed by atoms with Gasteiger partial charge in [-0.25, -0.2) is 0 Å². The van der Waals surface area contributed by atoms with Gasteiger partial charge in [-0.2, -0.15) is 0 Å². The number of phenols is 1. The second-order valence-electron chi connectivity index (χ2n) is 6.23. The standard InChI is InChI=1S/C20H24N2O3S/c1-24-17-10-8-16(9-11-17)22(14-15-5-2-3-7-19(15)23)20(26)21-13-18-6-4-12-25-18/h2-3,5,7-11,18,23H,4,6,12-14H2,1H3,(H,21,26). The summed E-state index contributed by atoms with van der Waals surface area (Å²) in [5.41, 5.74) is 1.74. The Bertz CT molecular complexity index is 730. The minimum absolute atomic E-state index is 0.204. The van der Waals surface area contributed by atoms with Crippen LogP contribution in [-0.4, -0.2) is 36.6 Å². The van der Waals surface area contributed by atoms with Gasteiger partial charge in [-0.05, 0) is 55.4 Å². The van der Waals surface area contributed by atoms with Crippen LogP contribution in [0.4, 0.5) is 5.69 Å². The first kappa shape index (κ1) is 18.5. The Morgan fingerprint density at radius 1 is 1.27 bits per heavy atom. The first-order valence-electron chi connectivity index (χ1n) is 8.75. The summed E-state index contributed by atoms with van der Waals surface area (Å²) in [6, 6.07) is 15.0. The van der Waals surface area contributed by atoms with Gasteiger partial charge in [-0.1, -0.05) is 18.2 Å². The van der Waals surface area contributed by atoms with Crippen molar-refractivity contribution in [1.82, 2.24) is 5.32 Å². The van der Waals surface area contributed by atoms with E-state index in [0.717, 1.165) is 36.4 Å². The first-order valence-corrected chi connectivity index (χ1v) is 9.16.